The second kappa shape index (κ2) is 9.46. The molecule has 3 aliphatic heterocycles. The summed E-state index contributed by atoms with van der Waals surface area (Å²) in [6.07, 6.45) is 0. The normalized spacial score (nSPS) is 25.1. The number of halogens is 2. The number of piperazine rings is 1. The van der Waals surface area contributed by atoms with Crippen molar-refractivity contribution in [3.63, 3.8) is 0 Å². The van der Waals surface area contributed by atoms with Crippen LogP contribution in [0.1, 0.15) is 24.2 Å². The maximum Gasteiger partial charge on any atom is 0.253 e. The summed E-state index contributed by atoms with van der Waals surface area (Å²) in [4.78, 5) is 19.8. The third-order valence-electron chi connectivity index (χ3n) is 6.20. The quantitative estimate of drug-likeness (QED) is 0.823. The number of carbonyl (C=O) groups is 1. The number of carbonyl (C=O) groups excluding carboxylic acids is 1. The zero-order valence-corrected chi connectivity index (χ0v) is 17.9. The molecular formula is C20H32Cl2N4O. The van der Waals surface area contributed by atoms with E-state index < -0.39 is 0 Å². The van der Waals surface area contributed by atoms with E-state index in [0.717, 1.165) is 57.9 Å². The third kappa shape index (κ3) is 4.70. The molecule has 0 unspecified atom stereocenters. The number of likely N-dealkylation sites (tertiary alicyclic amines) is 1. The lowest BCUT2D eigenvalue weighted by molar-refractivity contribution is 0.0781. The molecular weight excluding hydrogens is 383 g/mol. The molecule has 0 aliphatic carbocycles. The van der Waals surface area contributed by atoms with Crippen molar-refractivity contribution in [3.05, 3.63) is 29.8 Å². The monoisotopic (exact) mass is 414 g/mol. The summed E-state index contributed by atoms with van der Waals surface area (Å²) in [6, 6.07) is 8.89. The molecule has 152 valence electrons. The Bertz CT molecular complexity index is 605. The van der Waals surface area contributed by atoms with E-state index in [-0.39, 0.29) is 30.7 Å². The number of hydrogen-bond acceptors (Lipinski definition) is 4. The van der Waals surface area contributed by atoms with Crippen LogP contribution in [-0.4, -0.2) is 74.1 Å². The molecule has 0 aromatic heterocycles. The smallest absolute Gasteiger partial charge is 0.253 e. The molecule has 3 fully saturated rings. The SMILES string of the molecule is CC(C)N1CCN(c2ccc(C(=O)N3C[C@H]4CNC[C@H]4C3)cc2)CC1.Cl.Cl. The molecule has 1 N–H and O–H groups in total. The van der Waals surface area contributed by atoms with Crippen molar-refractivity contribution < 1.29 is 4.79 Å². The lowest BCUT2D eigenvalue weighted by Gasteiger charge is -2.38. The summed E-state index contributed by atoms with van der Waals surface area (Å²) in [5.41, 5.74) is 2.07. The zero-order chi connectivity index (χ0) is 17.4. The highest BCUT2D eigenvalue weighted by Crippen LogP contribution is 2.28. The fourth-order valence-electron chi connectivity index (χ4n) is 4.52. The lowest BCUT2D eigenvalue weighted by atomic mass is 10.0. The standard InChI is InChI=1S/C20H30N4O.2ClH/c1-15(2)22-7-9-23(10-8-22)19-5-3-16(4-6-19)20(25)24-13-17-11-21-12-18(17)14-24;;/h3-6,15,17-18,21H,7-14H2,1-2H3;2*1H/t17-,18+;;. The van der Waals surface area contributed by atoms with Crippen molar-refractivity contribution in [2.75, 3.05) is 57.3 Å². The number of anilines is 1. The van der Waals surface area contributed by atoms with Crippen molar-refractivity contribution in [3.8, 4) is 0 Å². The van der Waals surface area contributed by atoms with Crippen LogP contribution in [0.4, 0.5) is 5.69 Å². The van der Waals surface area contributed by atoms with Crippen LogP contribution < -0.4 is 10.2 Å². The number of benzene rings is 1. The van der Waals surface area contributed by atoms with Gasteiger partial charge in [0, 0.05) is 69.7 Å². The Balaban J connectivity index is 0.00000131. The highest BCUT2D eigenvalue weighted by atomic mass is 35.5. The first-order chi connectivity index (χ1) is 12.1. The minimum absolute atomic E-state index is 0. The van der Waals surface area contributed by atoms with Crippen molar-refractivity contribution in [2.45, 2.75) is 19.9 Å². The first-order valence-electron chi connectivity index (χ1n) is 9.71. The van der Waals surface area contributed by atoms with Gasteiger partial charge in [-0.3, -0.25) is 9.69 Å². The average molecular weight is 415 g/mol. The molecule has 27 heavy (non-hydrogen) atoms. The summed E-state index contributed by atoms with van der Waals surface area (Å²) in [5, 5.41) is 3.43. The van der Waals surface area contributed by atoms with E-state index in [1.54, 1.807) is 0 Å². The Labute approximate surface area is 175 Å². The number of fused-ring (bicyclic) bond motifs is 1. The molecule has 0 saturated carbocycles. The first-order valence-corrected chi connectivity index (χ1v) is 9.71. The number of hydrogen-bond donors (Lipinski definition) is 1. The number of nitrogens with zero attached hydrogens (tertiary/aromatic N) is 3. The molecule has 3 heterocycles. The molecule has 0 bridgehead atoms. The second-order valence-electron chi connectivity index (χ2n) is 8.05. The van der Waals surface area contributed by atoms with Crippen LogP contribution in [0.2, 0.25) is 0 Å². The van der Waals surface area contributed by atoms with E-state index in [4.69, 9.17) is 0 Å². The maximum atomic E-state index is 12.8. The van der Waals surface area contributed by atoms with E-state index in [0.29, 0.717) is 17.9 Å². The van der Waals surface area contributed by atoms with Gasteiger partial charge in [-0.15, -0.1) is 24.8 Å². The highest BCUT2D eigenvalue weighted by molar-refractivity contribution is 5.94. The lowest BCUT2D eigenvalue weighted by Crippen LogP contribution is -2.48. The second-order valence-corrected chi connectivity index (χ2v) is 8.05. The molecule has 1 aromatic carbocycles. The van der Waals surface area contributed by atoms with Gasteiger partial charge < -0.3 is 15.1 Å². The van der Waals surface area contributed by atoms with Gasteiger partial charge in [-0.2, -0.15) is 0 Å². The van der Waals surface area contributed by atoms with Crippen LogP contribution in [0.15, 0.2) is 24.3 Å². The Kier molecular flexibility index (Phi) is 7.81. The van der Waals surface area contributed by atoms with Gasteiger partial charge >= 0.3 is 0 Å². The number of nitrogens with one attached hydrogen (secondary N) is 1. The third-order valence-corrected chi connectivity index (χ3v) is 6.20. The zero-order valence-electron chi connectivity index (χ0n) is 16.3. The molecule has 7 heteroatoms. The molecule has 1 aromatic rings. The molecule has 5 nitrogen and oxygen atoms in total. The molecule has 3 saturated heterocycles. The van der Waals surface area contributed by atoms with E-state index in [2.05, 4.69) is 41.1 Å². The molecule has 2 atom stereocenters. The van der Waals surface area contributed by atoms with Crippen molar-refractivity contribution in [1.82, 2.24) is 15.1 Å². The Morgan fingerprint density at radius 3 is 2.04 bits per heavy atom. The summed E-state index contributed by atoms with van der Waals surface area (Å²) in [5.74, 6) is 1.51. The van der Waals surface area contributed by atoms with Crippen molar-refractivity contribution >= 4 is 36.4 Å². The number of amides is 1. The first kappa shape index (κ1) is 22.3. The summed E-state index contributed by atoms with van der Waals surface area (Å²) in [6.45, 7) is 12.8. The molecule has 3 aliphatic rings. The molecule has 0 radical (unpaired) electrons. The Morgan fingerprint density at radius 2 is 1.52 bits per heavy atom. The van der Waals surface area contributed by atoms with E-state index in [1.807, 2.05) is 17.0 Å². The van der Waals surface area contributed by atoms with Crippen LogP contribution in [0.25, 0.3) is 0 Å². The van der Waals surface area contributed by atoms with Gasteiger partial charge in [-0.1, -0.05) is 0 Å². The van der Waals surface area contributed by atoms with Gasteiger partial charge in [-0.25, -0.2) is 0 Å². The predicted octanol–water partition coefficient (Wildman–Crippen LogP) is 2.35. The fourth-order valence-corrected chi connectivity index (χ4v) is 4.52. The van der Waals surface area contributed by atoms with Crippen molar-refractivity contribution in [2.24, 2.45) is 11.8 Å². The van der Waals surface area contributed by atoms with E-state index in [9.17, 15) is 4.79 Å². The van der Waals surface area contributed by atoms with Crippen LogP contribution >= 0.6 is 24.8 Å². The summed E-state index contributed by atoms with van der Waals surface area (Å²) >= 11 is 0. The molecule has 0 spiro atoms. The van der Waals surface area contributed by atoms with Gasteiger partial charge in [-0.05, 0) is 49.9 Å². The van der Waals surface area contributed by atoms with Crippen LogP contribution in [-0.2, 0) is 0 Å². The van der Waals surface area contributed by atoms with Crippen molar-refractivity contribution in [1.29, 1.82) is 0 Å². The summed E-state index contributed by atoms with van der Waals surface area (Å²) in [7, 11) is 0. The largest absolute Gasteiger partial charge is 0.369 e. The summed E-state index contributed by atoms with van der Waals surface area (Å²) < 4.78 is 0. The Morgan fingerprint density at radius 1 is 0.963 bits per heavy atom. The van der Waals surface area contributed by atoms with Gasteiger partial charge in [0.2, 0.25) is 0 Å². The van der Waals surface area contributed by atoms with Gasteiger partial charge in [0.1, 0.15) is 0 Å². The average Bonchev–Trinajstić information content (AvgIpc) is 3.23. The Hall–Kier alpha value is -1.01. The minimum Gasteiger partial charge on any atom is -0.369 e. The van der Waals surface area contributed by atoms with Gasteiger partial charge in [0.15, 0.2) is 0 Å². The van der Waals surface area contributed by atoms with E-state index in [1.165, 1.54) is 5.69 Å². The van der Waals surface area contributed by atoms with Crippen LogP contribution in [0, 0.1) is 11.8 Å². The minimum atomic E-state index is 0. The topological polar surface area (TPSA) is 38.8 Å². The fraction of sp³-hybridized carbons (Fsp3) is 0.650. The van der Waals surface area contributed by atoms with E-state index >= 15 is 0 Å². The van der Waals surface area contributed by atoms with Gasteiger partial charge in [0.25, 0.3) is 5.91 Å². The highest BCUT2D eigenvalue weighted by Gasteiger charge is 2.38. The number of rotatable bonds is 3. The maximum absolute atomic E-state index is 12.8. The van der Waals surface area contributed by atoms with Crippen LogP contribution in [0.5, 0.6) is 0 Å². The van der Waals surface area contributed by atoms with Gasteiger partial charge in [0.05, 0.1) is 0 Å². The molecule has 1 amide bonds. The molecule has 4 rings (SSSR count). The predicted molar refractivity (Wildman–Crippen MR) is 116 cm³/mol. The van der Waals surface area contributed by atoms with Crippen LogP contribution in [0.3, 0.4) is 0 Å².